The Morgan fingerprint density at radius 2 is 2.30 bits per heavy atom. The van der Waals surface area contributed by atoms with Gasteiger partial charge in [0.2, 0.25) is 5.88 Å². The van der Waals surface area contributed by atoms with E-state index in [1.165, 1.54) is 0 Å². The predicted molar refractivity (Wildman–Crippen MR) is 83.7 cm³/mol. The number of pyridine rings is 1. The molecule has 2 amide bonds. The zero-order chi connectivity index (χ0) is 16.5. The van der Waals surface area contributed by atoms with Crippen LogP contribution < -0.4 is 15.4 Å². The summed E-state index contributed by atoms with van der Waals surface area (Å²) in [6.07, 6.45) is 3.53. The molecule has 23 heavy (non-hydrogen) atoms. The van der Waals surface area contributed by atoms with Crippen molar-refractivity contribution in [2.75, 3.05) is 19.8 Å². The fraction of sp³-hybridized carbons (Fsp3) is 0.562. The van der Waals surface area contributed by atoms with Crippen LogP contribution in [0.25, 0.3) is 0 Å². The van der Waals surface area contributed by atoms with Crippen molar-refractivity contribution in [2.45, 2.75) is 32.4 Å². The van der Waals surface area contributed by atoms with Gasteiger partial charge in [-0.2, -0.15) is 5.26 Å². The van der Waals surface area contributed by atoms with Crippen LogP contribution in [0, 0.1) is 17.2 Å². The van der Waals surface area contributed by atoms with Crippen molar-refractivity contribution in [3.63, 3.8) is 0 Å². The minimum Gasteiger partial charge on any atom is -0.474 e. The van der Waals surface area contributed by atoms with Gasteiger partial charge in [-0.15, -0.1) is 0 Å². The van der Waals surface area contributed by atoms with Gasteiger partial charge >= 0.3 is 6.03 Å². The highest BCUT2D eigenvalue weighted by atomic mass is 16.5. The molecule has 1 saturated heterocycles. The molecular formula is C16H22N4O3. The summed E-state index contributed by atoms with van der Waals surface area (Å²) < 4.78 is 11.1. The lowest BCUT2D eigenvalue weighted by Gasteiger charge is -2.22. The number of rotatable bonds is 6. The summed E-state index contributed by atoms with van der Waals surface area (Å²) in [5.41, 5.74) is 0.908. The van der Waals surface area contributed by atoms with Crippen LogP contribution in [-0.2, 0) is 11.3 Å². The molecule has 2 rings (SSSR count). The van der Waals surface area contributed by atoms with Gasteiger partial charge in [0.1, 0.15) is 6.10 Å². The van der Waals surface area contributed by atoms with Crippen molar-refractivity contribution in [1.82, 2.24) is 15.6 Å². The van der Waals surface area contributed by atoms with E-state index in [0.29, 0.717) is 32.2 Å². The summed E-state index contributed by atoms with van der Waals surface area (Å²) in [4.78, 5) is 15.8. The van der Waals surface area contributed by atoms with Crippen LogP contribution in [0.2, 0.25) is 0 Å². The Balaban J connectivity index is 1.78. The molecule has 7 nitrogen and oxygen atoms in total. The zero-order valence-electron chi connectivity index (χ0n) is 13.2. The van der Waals surface area contributed by atoms with Gasteiger partial charge in [0, 0.05) is 38.2 Å². The van der Waals surface area contributed by atoms with Crippen molar-refractivity contribution in [2.24, 2.45) is 5.92 Å². The van der Waals surface area contributed by atoms with Gasteiger partial charge in [0.15, 0.2) is 0 Å². The number of nitrogens with one attached hydrogen (secondary N) is 2. The number of hydrogen-bond donors (Lipinski definition) is 2. The molecule has 0 saturated carbocycles. The molecule has 0 bridgehead atoms. The lowest BCUT2D eigenvalue weighted by molar-refractivity contribution is 0.0237. The Labute approximate surface area is 136 Å². The highest BCUT2D eigenvalue weighted by Gasteiger charge is 2.15. The van der Waals surface area contributed by atoms with Crippen LogP contribution in [0.15, 0.2) is 18.3 Å². The lowest BCUT2D eigenvalue weighted by atomic mass is 10.1. The topological polar surface area (TPSA) is 96.3 Å². The van der Waals surface area contributed by atoms with Crippen molar-refractivity contribution < 1.29 is 14.3 Å². The van der Waals surface area contributed by atoms with Crippen LogP contribution in [0.3, 0.4) is 0 Å². The van der Waals surface area contributed by atoms with E-state index in [-0.39, 0.29) is 18.1 Å². The second-order valence-electron chi connectivity index (χ2n) is 5.53. The molecule has 0 radical (unpaired) electrons. The first-order valence-electron chi connectivity index (χ1n) is 7.78. The smallest absolute Gasteiger partial charge is 0.315 e. The number of carbonyl (C=O) groups is 1. The molecule has 1 aromatic heterocycles. The van der Waals surface area contributed by atoms with Crippen LogP contribution in [0.1, 0.15) is 25.3 Å². The molecule has 1 atom stereocenters. The number of amides is 2. The molecule has 1 aliphatic heterocycles. The van der Waals surface area contributed by atoms with Gasteiger partial charge < -0.3 is 20.1 Å². The third kappa shape index (κ3) is 6.12. The Hall–Kier alpha value is -2.33. The van der Waals surface area contributed by atoms with Crippen molar-refractivity contribution >= 4 is 6.03 Å². The molecule has 1 aliphatic rings. The average Bonchev–Trinajstić information content (AvgIpc) is 2.59. The highest BCUT2D eigenvalue weighted by molar-refractivity contribution is 5.73. The van der Waals surface area contributed by atoms with Crippen LogP contribution in [0.5, 0.6) is 5.88 Å². The molecule has 7 heteroatoms. The van der Waals surface area contributed by atoms with Gasteiger partial charge in [-0.1, -0.05) is 0 Å². The van der Waals surface area contributed by atoms with E-state index in [9.17, 15) is 4.79 Å². The number of nitrogens with zero attached hydrogens (tertiary/aromatic N) is 2. The Morgan fingerprint density at radius 3 is 3.04 bits per heavy atom. The predicted octanol–water partition coefficient (Wildman–Crippen LogP) is 1.60. The van der Waals surface area contributed by atoms with E-state index >= 15 is 0 Å². The SMILES string of the molecule is CC(C#N)CNC(=O)NCc1ccnc(OC2CCOCC2)c1. The van der Waals surface area contributed by atoms with Crippen molar-refractivity contribution in [1.29, 1.82) is 5.26 Å². The van der Waals surface area contributed by atoms with Gasteiger partial charge in [0.05, 0.1) is 25.2 Å². The third-order valence-electron chi connectivity index (χ3n) is 3.50. The normalized spacial score (nSPS) is 16.2. The van der Waals surface area contributed by atoms with Gasteiger partial charge in [0.25, 0.3) is 0 Å². The maximum absolute atomic E-state index is 11.6. The molecule has 124 valence electrons. The summed E-state index contributed by atoms with van der Waals surface area (Å²) >= 11 is 0. The maximum Gasteiger partial charge on any atom is 0.315 e. The third-order valence-corrected chi connectivity index (χ3v) is 3.50. The van der Waals surface area contributed by atoms with Gasteiger partial charge in [-0.25, -0.2) is 9.78 Å². The molecule has 1 aromatic rings. The van der Waals surface area contributed by atoms with E-state index < -0.39 is 0 Å². The summed E-state index contributed by atoms with van der Waals surface area (Å²) in [7, 11) is 0. The van der Waals surface area contributed by atoms with E-state index in [2.05, 4.69) is 21.7 Å². The largest absolute Gasteiger partial charge is 0.474 e. The summed E-state index contributed by atoms with van der Waals surface area (Å²) in [5, 5.41) is 14.1. The quantitative estimate of drug-likeness (QED) is 0.830. The number of nitriles is 1. The fourth-order valence-electron chi connectivity index (χ4n) is 2.13. The maximum atomic E-state index is 11.6. The van der Waals surface area contributed by atoms with E-state index in [4.69, 9.17) is 14.7 Å². The molecule has 2 N–H and O–H groups in total. The number of ether oxygens (including phenoxy) is 2. The van der Waals surface area contributed by atoms with Crippen LogP contribution in [-0.4, -0.2) is 36.9 Å². The first-order chi connectivity index (χ1) is 11.2. The highest BCUT2D eigenvalue weighted by Crippen LogP contribution is 2.16. The molecule has 0 aromatic carbocycles. The number of carbonyl (C=O) groups excluding carboxylic acids is 1. The Kier molecular flexibility index (Phi) is 6.63. The van der Waals surface area contributed by atoms with Crippen LogP contribution >= 0.6 is 0 Å². The lowest BCUT2D eigenvalue weighted by Crippen LogP contribution is -2.37. The average molecular weight is 318 g/mol. The Bertz CT molecular complexity index is 553. The molecule has 0 spiro atoms. The summed E-state index contributed by atoms with van der Waals surface area (Å²) in [6, 6.07) is 5.42. The van der Waals surface area contributed by atoms with Crippen molar-refractivity contribution in [3.05, 3.63) is 23.9 Å². The van der Waals surface area contributed by atoms with Crippen molar-refractivity contribution in [3.8, 4) is 11.9 Å². The van der Waals surface area contributed by atoms with E-state index in [1.807, 2.05) is 12.1 Å². The van der Waals surface area contributed by atoms with E-state index in [1.54, 1.807) is 13.1 Å². The van der Waals surface area contributed by atoms with Gasteiger partial charge in [-0.3, -0.25) is 0 Å². The summed E-state index contributed by atoms with van der Waals surface area (Å²) in [6.45, 7) is 3.89. The minimum atomic E-state index is -0.296. The standard InChI is InChI=1S/C16H22N4O3/c1-12(9-17)10-19-16(21)20-11-13-2-5-18-15(8-13)23-14-3-6-22-7-4-14/h2,5,8,12,14H,3-4,6-7,10-11H2,1H3,(H2,19,20,21). The molecule has 2 heterocycles. The first kappa shape index (κ1) is 17.0. The number of hydrogen-bond acceptors (Lipinski definition) is 5. The van der Waals surface area contributed by atoms with Gasteiger partial charge in [-0.05, 0) is 18.6 Å². The Morgan fingerprint density at radius 1 is 1.52 bits per heavy atom. The molecule has 0 aliphatic carbocycles. The molecule has 1 unspecified atom stereocenters. The summed E-state index contributed by atoms with van der Waals surface area (Å²) in [5.74, 6) is 0.357. The molecule has 1 fully saturated rings. The molecular weight excluding hydrogens is 296 g/mol. The second kappa shape index (κ2) is 8.96. The zero-order valence-corrected chi connectivity index (χ0v) is 13.2. The minimum absolute atomic E-state index is 0.134. The first-order valence-corrected chi connectivity index (χ1v) is 7.78. The van der Waals surface area contributed by atoms with E-state index in [0.717, 1.165) is 18.4 Å². The second-order valence-corrected chi connectivity index (χ2v) is 5.53. The number of urea groups is 1. The number of aromatic nitrogens is 1. The fourth-order valence-corrected chi connectivity index (χ4v) is 2.13. The van der Waals surface area contributed by atoms with Crippen LogP contribution in [0.4, 0.5) is 4.79 Å². The monoisotopic (exact) mass is 318 g/mol.